The lowest BCUT2D eigenvalue weighted by Gasteiger charge is -2.21. The van der Waals surface area contributed by atoms with E-state index >= 15 is 0 Å². The summed E-state index contributed by atoms with van der Waals surface area (Å²) in [6.45, 7) is 2.89. The van der Waals surface area contributed by atoms with Gasteiger partial charge in [0.05, 0.1) is 7.11 Å². The fourth-order valence-electron chi connectivity index (χ4n) is 3.55. The molecule has 2 aromatic heterocycles. The average Bonchev–Trinajstić information content (AvgIpc) is 3.07. The van der Waals surface area contributed by atoms with Gasteiger partial charge in [-0.3, -0.25) is 9.59 Å². The van der Waals surface area contributed by atoms with Crippen molar-refractivity contribution in [3.63, 3.8) is 0 Å². The molecule has 1 aliphatic heterocycles. The van der Waals surface area contributed by atoms with Crippen molar-refractivity contribution in [1.29, 1.82) is 0 Å². The molecule has 0 aliphatic carbocycles. The second kappa shape index (κ2) is 9.74. The number of hydrogen-bond donors (Lipinski definition) is 1. The van der Waals surface area contributed by atoms with Gasteiger partial charge in [0.25, 0.3) is 0 Å². The molecule has 1 fully saturated rings. The van der Waals surface area contributed by atoms with Gasteiger partial charge in [-0.15, -0.1) is 0 Å². The first kappa shape index (κ1) is 21.0. The number of amides is 2. The number of nitrogens with one attached hydrogen (secondary N) is 1. The fraction of sp³-hybridized carbons (Fsp3) is 0.364. The van der Waals surface area contributed by atoms with Crippen LogP contribution in [0.25, 0.3) is 10.3 Å². The van der Waals surface area contributed by atoms with Gasteiger partial charge in [-0.2, -0.15) is 0 Å². The molecule has 1 aliphatic rings. The van der Waals surface area contributed by atoms with E-state index in [1.54, 1.807) is 36.8 Å². The SMILES string of the molecule is COc1cccc(NC(=O)CCC(=O)N2CCCN(c3nc4cccnc4s3)CC2)c1. The number of carbonyl (C=O) groups is 2. The maximum absolute atomic E-state index is 12.7. The van der Waals surface area contributed by atoms with Crippen LogP contribution in [0.5, 0.6) is 5.75 Å². The third-order valence-electron chi connectivity index (χ3n) is 5.19. The highest BCUT2D eigenvalue weighted by molar-refractivity contribution is 7.21. The largest absolute Gasteiger partial charge is 0.497 e. The van der Waals surface area contributed by atoms with Crippen molar-refractivity contribution in [2.45, 2.75) is 19.3 Å². The molecule has 9 heteroatoms. The van der Waals surface area contributed by atoms with Crippen molar-refractivity contribution in [3.8, 4) is 5.75 Å². The number of anilines is 2. The van der Waals surface area contributed by atoms with Crippen LogP contribution in [0, 0.1) is 0 Å². The predicted molar refractivity (Wildman–Crippen MR) is 122 cm³/mol. The first-order valence-corrected chi connectivity index (χ1v) is 11.1. The minimum atomic E-state index is -0.181. The van der Waals surface area contributed by atoms with E-state index in [1.165, 1.54) is 0 Å². The van der Waals surface area contributed by atoms with E-state index in [2.05, 4.69) is 20.2 Å². The third kappa shape index (κ3) is 5.29. The Balaban J connectivity index is 1.27. The summed E-state index contributed by atoms with van der Waals surface area (Å²) in [6.07, 6.45) is 2.99. The number of ether oxygens (including phenoxy) is 1. The minimum absolute atomic E-state index is 0.00797. The normalized spacial score (nSPS) is 14.4. The molecule has 162 valence electrons. The van der Waals surface area contributed by atoms with E-state index in [9.17, 15) is 9.59 Å². The minimum Gasteiger partial charge on any atom is -0.497 e. The number of thiazole rings is 1. The Labute approximate surface area is 184 Å². The summed E-state index contributed by atoms with van der Waals surface area (Å²) in [7, 11) is 1.58. The van der Waals surface area contributed by atoms with E-state index in [0.29, 0.717) is 24.5 Å². The molecule has 0 bridgehead atoms. The molecule has 0 spiro atoms. The highest BCUT2D eigenvalue weighted by Gasteiger charge is 2.21. The zero-order chi connectivity index (χ0) is 21.6. The number of aromatic nitrogens is 2. The molecule has 1 aromatic carbocycles. The Morgan fingerprint density at radius 3 is 2.87 bits per heavy atom. The highest BCUT2D eigenvalue weighted by atomic mass is 32.1. The number of fused-ring (bicyclic) bond motifs is 1. The molecule has 3 aromatic rings. The van der Waals surface area contributed by atoms with Gasteiger partial charge in [-0.05, 0) is 30.7 Å². The number of hydrogen-bond acceptors (Lipinski definition) is 7. The Morgan fingerprint density at radius 1 is 1.13 bits per heavy atom. The molecule has 8 nitrogen and oxygen atoms in total. The number of nitrogens with zero attached hydrogens (tertiary/aromatic N) is 4. The summed E-state index contributed by atoms with van der Waals surface area (Å²) < 4.78 is 5.16. The van der Waals surface area contributed by atoms with Gasteiger partial charge in [0, 0.05) is 57.0 Å². The van der Waals surface area contributed by atoms with Crippen LogP contribution in [0.1, 0.15) is 19.3 Å². The number of rotatable bonds is 6. The summed E-state index contributed by atoms with van der Waals surface area (Å²) in [4.78, 5) is 39.0. The molecule has 4 rings (SSSR count). The van der Waals surface area contributed by atoms with Crippen LogP contribution >= 0.6 is 11.3 Å². The molecule has 1 N–H and O–H groups in total. The van der Waals surface area contributed by atoms with Gasteiger partial charge in [0.1, 0.15) is 16.1 Å². The summed E-state index contributed by atoms with van der Waals surface area (Å²) in [5.41, 5.74) is 1.56. The van der Waals surface area contributed by atoms with Crippen LogP contribution in [0.15, 0.2) is 42.6 Å². The van der Waals surface area contributed by atoms with Crippen LogP contribution < -0.4 is 15.0 Å². The fourth-order valence-corrected chi connectivity index (χ4v) is 4.52. The zero-order valence-corrected chi connectivity index (χ0v) is 18.2. The Morgan fingerprint density at radius 2 is 2.03 bits per heavy atom. The zero-order valence-electron chi connectivity index (χ0n) is 17.4. The van der Waals surface area contributed by atoms with Gasteiger partial charge >= 0.3 is 0 Å². The topological polar surface area (TPSA) is 87.7 Å². The van der Waals surface area contributed by atoms with E-state index in [-0.39, 0.29) is 24.7 Å². The van der Waals surface area contributed by atoms with Gasteiger partial charge < -0.3 is 19.9 Å². The summed E-state index contributed by atoms with van der Waals surface area (Å²) in [5, 5.41) is 3.76. The molecule has 0 unspecified atom stereocenters. The molecule has 1 saturated heterocycles. The average molecular weight is 440 g/mol. The second-order valence-electron chi connectivity index (χ2n) is 7.33. The molecule has 0 saturated carbocycles. The standard InChI is InChI=1S/C22H25N5O3S/c1-30-17-6-2-5-16(15-17)24-19(28)8-9-20(29)26-11-4-12-27(14-13-26)22-25-18-7-3-10-23-21(18)31-22/h2-3,5-7,10,15H,4,8-9,11-14H2,1H3,(H,24,28). The maximum atomic E-state index is 12.7. The molecular formula is C22H25N5O3S. The Bertz CT molecular complexity index is 1040. The van der Waals surface area contributed by atoms with Gasteiger partial charge in [0.15, 0.2) is 5.13 Å². The van der Waals surface area contributed by atoms with Crippen molar-refractivity contribution in [1.82, 2.24) is 14.9 Å². The van der Waals surface area contributed by atoms with Gasteiger partial charge in [-0.1, -0.05) is 17.4 Å². The predicted octanol–water partition coefficient (Wildman–Crippen LogP) is 3.16. The van der Waals surface area contributed by atoms with E-state index in [4.69, 9.17) is 4.74 Å². The summed E-state index contributed by atoms with van der Waals surface area (Å²) in [6, 6.07) is 11.0. The molecule has 3 heterocycles. The number of benzene rings is 1. The molecule has 0 radical (unpaired) electrons. The quantitative estimate of drug-likeness (QED) is 0.635. The molecular weight excluding hydrogens is 414 g/mol. The van der Waals surface area contributed by atoms with E-state index < -0.39 is 0 Å². The first-order chi connectivity index (χ1) is 15.1. The number of carbonyl (C=O) groups excluding carboxylic acids is 2. The lowest BCUT2D eigenvalue weighted by Crippen LogP contribution is -2.35. The van der Waals surface area contributed by atoms with Crippen LogP contribution in [-0.4, -0.2) is 60.0 Å². The lowest BCUT2D eigenvalue weighted by atomic mass is 10.2. The van der Waals surface area contributed by atoms with Crippen LogP contribution in [0.3, 0.4) is 0 Å². The monoisotopic (exact) mass is 439 g/mol. The summed E-state index contributed by atoms with van der Waals surface area (Å²) in [5.74, 6) is 0.501. The lowest BCUT2D eigenvalue weighted by molar-refractivity contribution is -0.132. The van der Waals surface area contributed by atoms with Crippen LogP contribution in [-0.2, 0) is 9.59 Å². The number of pyridine rings is 1. The smallest absolute Gasteiger partial charge is 0.224 e. The van der Waals surface area contributed by atoms with E-state index in [1.807, 2.05) is 29.2 Å². The van der Waals surface area contributed by atoms with Crippen molar-refractivity contribution in [2.75, 3.05) is 43.5 Å². The summed E-state index contributed by atoms with van der Waals surface area (Å²) >= 11 is 1.58. The van der Waals surface area contributed by atoms with Crippen molar-refractivity contribution >= 4 is 44.3 Å². The van der Waals surface area contributed by atoms with Crippen LogP contribution in [0.4, 0.5) is 10.8 Å². The van der Waals surface area contributed by atoms with Crippen molar-refractivity contribution in [2.24, 2.45) is 0 Å². The van der Waals surface area contributed by atoms with Crippen molar-refractivity contribution in [3.05, 3.63) is 42.6 Å². The Hall–Kier alpha value is -3.20. The van der Waals surface area contributed by atoms with Crippen molar-refractivity contribution < 1.29 is 14.3 Å². The number of methoxy groups -OCH3 is 1. The third-order valence-corrected chi connectivity index (χ3v) is 6.23. The molecule has 2 amide bonds. The maximum Gasteiger partial charge on any atom is 0.224 e. The molecule has 0 atom stereocenters. The second-order valence-corrected chi connectivity index (χ2v) is 8.28. The van der Waals surface area contributed by atoms with Gasteiger partial charge in [-0.25, -0.2) is 9.97 Å². The van der Waals surface area contributed by atoms with Crippen LogP contribution in [0.2, 0.25) is 0 Å². The molecule has 31 heavy (non-hydrogen) atoms. The first-order valence-electron chi connectivity index (χ1n) is 10.3. The van der Waals surface area contributed by atoms with Gasteiger partial charge in [0.2, 0.25) is 11.8 Å². The highest BCUT2D eigenvalue weighted by Crippen LogP contribution is 2.27. The van der Waals surface area contributed by atoms with E-state index in [0.717, 1.165) is 35.0 Å². The Kier molecular flexibility index (Phi) is 6.61.